The Balaban J connectivity index is 1.73. The van der Waals surface area contributed by atoms with Gasteiger partial charge in [-0.15, -0.1) is 0 Å². The summed E-state index contributed by atoms with van der Waals surface area (Å²) in [6.45, 7) is 0.874. The topological polar surface area (TPSA) is 98.2 Å². The summed E-state index contributed by atoms with van der Waals surface area (Å²) >= 11 is 11.8. The van der Waals surface area contributed by atoms with Crippen LogP contribution >= 0.6 is 23.2 Å². The number of aromatic nitrogens is 3. The summed E-state index contributed by atoms with van der Waals surface area (Å²) in [5.74, 6) is 0.799. The van der Waals surface area contributed by atoms with Gasteiger partial charge in [-0.05, 0) is 24.3 Å². The van der Waals surface area contributed by atoms with E-state index in [-0.39, 0.29) is 16.7 Å². The second kappa shape index (κ2) is 6.54. The van der Waals surface area contributed by atoms with E-state index >= 15 is 0 Å². The van der Waals surface area contributed by atoms with E-state index in [0.29, 0.717) is 30.3 Å². The van der Waals surface area contributed by atoms with Gasteiger partial charge in [-0.2, -0.15) is 0 Å². The summed E-state index contributed by atoms with van der Waals surface area (Å²) in [6.07, 6.45) is 1.79. The molecule has 26 heavy (non-hydrogen) atoms. The fraction of sp³-hybridized carbons (Fsp3) is 0.188. The molecule has 10 heteroatoms. The van der Waals surface area contributed by atoms with Crippen LogP contribution < -0.4 is 4.90 Å². The van der Waals surface area contributed by atoms with Crippen LogP contribution in [-0.4, -0.2) is 26.6 Å². The molecule has 8 nitrogen and oxygen atoms in total. The highest BCUT2D eigenvalue weighted by atomic mass is 35.5. The quantitative estimate of drug-likeness (QED) is 0.379. The normalized spacial score (nSPS) is 13.5. The number of benzene rings is 1. The molecular formula is C16H11Cl2N5O3. The molecule has 3 aromatic rings. The number of rotatable bonds is 3. The van der Waals surface area contributed by atoms with Crippen molar-refractivity contribution in [2.24, 2.45) is 0 Å². The number of nitrogens with zero attached hydrogens (tertiary/aromatic N) is 5. The van der Waals surface area contributed by atoms with E-state index in [1.807, 2.05) is 12.1 Å². The van der Waals surface area contributed by atoms with Gasteiger partial charge in [0.05, 0.1) is 17.2 Å². The van der Waals surface area contributed by atoms with E-state index in [2.05, 4.69) is 15.1 Å². The zero-order valence-corrected chi connectivity index (χ0v) is 14.7. The van der Waals surface area contributed by atoms with Gasteiger partial charge in [0.15, 0.2) is 5.76 Å². The predicted octanol–water partition coefficient (Wildman–Crippen LogP) is 3.91. The van der Waals surface area contributed by atoms with Crippen molar-refractivity contribution in [3.8, 4) is 11.3 Å². The van der Waals surface area contributed by atoms with E-state index in [1.165, 1.54) is 6.33 Å². The molecule has 0 unspecified atom stereocenters. The Kier molecular flexibility index (Phi) is 4.21. The van der Waals surface area contributed by atoms with Crippen molar-refractivity contribution in [2.75, 3.05) is 11.4 Å². The average Bonchev–Trinajstić information content (AvgIpc) is 3.05. The van der Waals surface area contributed by atoms with Crippen LogP contribution in [0.25, 0.3) is 11.3 Å². The summed E-state index contributed by atoms with van der Waals surface area (Å²) in [6, 6.07) is 7.21. The predicted molar refractivity (Wildman–Crippen MR) is 95.4 cm³/mol. The lowest BCUT2D eigenvalue weighted by atomic mass is 10.0. The molecule has 0 atom stereocenters. The lowest BCUT2D eigenvalue weighted by Crippen LogP contribution is -2.31. The zero-order chi connectivity index (χ0) is 18.3. The highest BCUT2D eigenvalue weighted by Gasteiger charge is 2.31. The van der Waals surface area contributed by atoms with Crippen molar-refractivity contribution in [3.05, 3.63) is 62.1 Å². The summed E-state index contributed by atoms with van der Waals surface area (Å²) in [7, 11) is 0. The van der Waals surface area contributed by atoms with E-state index in [0.717, 1.165) is 16.8 Å². The molecule has 2 aromatic heterocycles. The third-order valence-corrected chi connectivity index (χ3v) is 4.71. The molecule has 3 heterocycles. The van der Waals surface area contributed by atoms with E-state index < -0.39 is 4.92 Å². The second-order valence-electron chi connectivity index (χ2n) is 5.71. The minimum Gasteiger partial charge on any atom is -0.356 e. The molecule has 0 saturated heterocycles. The van der Waals surface area contributed by atoms with E-state index in [1.54, 1.807) is 17.0 Å². The molecule has 0 aliphatic carbocycles. The zero-order valence-electron chi connectivity index (χ0n) is 13.2. The molecule has 0 radical (unpaired) electrons. The highest BCUT2D eigenvalue weighted by Crippen LogP contribution is 2.36. The first-order valence-corrected chi connectivity index (χ1v) is 8.43. The molecule has 1 aliphatic rings. The number of hydrogen-bond acceptors (Lipinski definition) is 7. The maximum atomic E-state index is 11.4. The van der Waals surface area contributed by atoms with Gasteiger partial charge in [0, 0.05) is 29.1 Å². The molecule has 0 amide bonds. The Labute approximate surface area is 157 Å². The van der Waals surface area contributed by atoms with Gasteiger partial charge in [0.2, 0.25) is 11.0 Å². The Morgan fingerprint density at radius 3 is 2.69 bits per heavy atom. The summed E-state index contributed by atoms with van der Waals surface area (Å²) < 4.78 is 5.52. The number of anilines is 1. The van der Waals surface area contributed by atoms with Crippen molar-refractivity contribution < 1.29 is 9.45 Å². The molecule has 132 valence electrons. The Morgan fingerprint density at radius 2 is 1.96 bits per heavy atom. The molecule has 0 fully saturated rings. The van der Waals surface area contributed by atoms with Crippen LogP contribution in [0.3, 0.4) is 0 Å². The van der Waals surface area contributed by atoms with Crippen LogP contribution in [0.5, 0.6) is 0 Å². The summed E-state index contributed by atoms with van der Waals surface area (Å²) in [5.41, 5.74) is 2.22. The van der Waals surface area contributed by atoms with Crippen molar-refractivity contribution in [2.45, 2.75) is 13.0 Å². The maximum absolute atomic E-state index is 11.4. The minimum absolute atomic E-state index is 0.184. The van der Waals surface area contributed by atoms with Crippen LogP contribution in [0.15, 0.2) is 35.1 Å². The number of nitro groups is 1. The van der Waals surface area contributed by atoms with Gasteiger partial charge in [-0.1, -0.05) is 28.4 Å². The number of fused-ring (bicyclic) bond motifs is 1. The third-order valence-electron chi connectivity index (χ3n) is 4.18. The molecule has 0 saturated carbocycles. The fourth-order valence-electron chi connectivity index (χ4n) is 2.96. The van der Waals surface area contributed by atoms with Crippen LogP contribution in [0.1, 0.15) is 11.3 Å². The molecular weight excluding hydrogens is 381 g/mol. The van der Waals surface area contributed by atoms with Gasteiger partial charge >= 0.3 is 5.69 Å². The van der Waals surface area contributed by atoms with E-state index in [9.17, 15) is 10.1 Å². The molecule has 0 N–H and O–H groups in total. The van der Waals surface area contributed by atoms with Gasteiger partial charge in [0.25, 0.3) is 0 Å². The molecule has 0 bridgehead atoms. The smallest absolute Gasteiger partial charge is 0.348 e. The fourth-order valence-corrected chi connectivity index (χ4v) is 3.28. The van der Waals surface area contributed by atoms with Crippen molar-refractivity contribution in [1.29, 1.82) is 0 Å². The Morgan fingerprint density at radius 1 is 1.19 bits per heavy atom. The van der Waals surface area contributed by atoms with Crippen molar-refractivity contribution in [1.82, 2.24) is 15.1 Å². The molecule has 4 rings (SSSR count). The van der Waals surface area contributed by atoms with Crippen LogP contribution in [-0.2, 0) is 13.0 Å². The van der Waals surface area contributed by atoms with Crippen LogP contribution in [0.4, 0.5) is 11.5 Å². The highest BCUT2D eigenvalue weighted by molar-refractivity contribution is 6.32. The Hall–Kier alpha value is -2.71. The first-order chi connectivity index (χ1) is 12.5. The van der Waals surface area contributed by atoms with Crippen LogP contribution in [0.2, 0.25) is 10.2 Å². The van der Waals surface area contributed by atoms with Crippen molar-refractivity contribution >= 4 is 34.7 Å². The summed E-state index contributed by atoms with van der Waals surface area (Å²) in [5, 5.41) is 15.9. The third kappa shape index (κ3) is 2.87. The largest absolute Gasteiger partial charge is 0.356 e. The van der Waals surface area contributed by atoms with Crippen molar-refractivity contribution in [3.63, 3.8) is 0 Å². The minimum atomic E-state index is -0.569. The van der Waals surface area contributed by atoms with Gasteiger partial charge in [-0.25, -0.2) is 9.97 Å². The monoisotopic (exact) mass is 391 g/mol. The molecule has 0 spiro atoms. The summed E-state index contributed by atoms with van der Waals surface area (Å²) in [4.78, 5) is 20.4. The number of hydrogen-bond donors (Lipinski definition) is 0. The standard InChI is InChI=1S/C16H11Cl2N5O3/c17-10-3-1-9(2-4-10)14-11-7-22(6-5-12(11)21-26-14)16-13(23(24)25)15(18)19-8-20-16/h1-4,8H,5-7H2. The molecule has 1 aliphatic heterocycles. The van der Waals surface area contributed by atoms with E-state index in [4.69, 9.17) is 27.7 Å². The molecule has 1 aromatic carbocycles. The number of halogens is 2. The average molecular weight is 392 g/mol. The lowest BCUT2D eigenvalue weighted by Gasteiger charge is -2.26. The van der Waals surface area contributed by atoms with Gasteiger partial charge in [0.1, 0.15) is 6.33 Å². The van der Waals surface area contributed by atoms with Gasteiger partial charge in [-0.3, -0.25) is 10.1 Å². The first kappa shape index (κ1) is 16.7. The maximum Gasteiger partial charge on any atom is 0.348 e. The second-order valence-corrected chi connectivity index (χ2v) is 6.50. The van der Waals surface area contributed by atoms with Gasteiger partial charge < -0.3 is 9.42 Å². The SMILES string of the molecule is O=[N+]([O-])c1c(Cl)ncnc1N1CCc2noc(-c3ccc(Cl)cc3)c2C1. The Bertz CT molecular complexity index is 990. The lowest BCUT2D eigenvalue weighted by molar-refractivity contribution is -0.384. The first-order valence-electron chi connectivity index (χ1n) is 7.68. The van der Waals surface area contributed by atoms with Crippen LogP contribution in [0, 0.1) is 10.1 Å².